The molecule has 0 aromatic rings. The highest BCUT2D eigenvalue weighted by molar-refractivity contribution is 5.83. The maximum atomic E-state index is 11.0. The van der Waals surface area contributed by atoms with Gasteiger partial charge in [0.05, 0.1) is 11.1 Å². The molecular weight excluding hydrogens is 232 g/mol. The van der Waals surface area contributed by atoms with E-state index in [1.54, 1.807) is 14.0 Å². The highest BCUT2D eigenvalue weighted by Gasteiger charge is 2.24. The van der Waals surface area contributed by atoms with Crippen LogP contribution in [0.4, 0.5) is 0 Å². The predicted octanol–water partition coefficient (Wildman–Crippen LogP) is 1.19. The Hall–Kier alpha value is -0.650. The van der Waals surface area contributed by atoms with Crippen LogP contribution < -0.4 is 11.5 Å². The van der Waals surface area contributed by atoms with Crippen LogP contribution in [-0.2, 0) is 14.3 Å². The van der Waals surface area contributed by atoms with E-state index in [-0.39, 0.29) is 5.60 Å². The van der Waals surface area contributed by atoms with Gasteiger partial charge in [-0.1, -0.05) is 0 Å². The summed E-state index contributed by atoms with van der Waals surface area (Å²) in [5.41, 5.74) is 9.89. The number of methoxy groups -OCH3 is 1. The van der Waals surface area contributed by atoms with Crippen LogP contribution in [0.15, 0.2) is 0 Å². The summed E-state index contributed by atoms with van der Waals surface area (Å²) in [6.07, 6.45) is 3.17. The molecule has 1 unspecified atom stereocenters. The Bertz CT molecular complexity index is 253. The quantitative estimate of drug-likeness (QED) is 0.578. The normalized spacial score (nSPS) is 15.4. The standard InChI is InChI=1S/C13H28N2O3/c1-12(2,17-4)8-10-18-9-6-5-7-13(3,15)11(14)16/h5-10,15H2,1-4H3,(H2,14,16). The fourth-order valence-corrected chi connectivity index (χ4v) is 1.34. The number of amides is 1. The van der Waals surface area contributed by atoms with Crippen molar-refractivity contribution in [1.29, 1.82) is 0 Å². The molecule has 0 aromatic heterocycles. The summed E-state index contributed by atoms with van der Waals surface area (Å²) < 4.78 is 10.8. The molecule has 0 aliphatic rings. The van der Waals surface area contributed by atoms with Crippen LogP contribution in [0.2, 0.25) is 0 Å². The van der Waals surface area contributed by atoms with Gasteiger partial charge in [0.25, 0.3) is 0 Å². The van der Waals surface area contributed by atoms with Gasteiger partial charge in [0.2, 0.25) is 5.91 Å². The second-order valence-corrected chi connectivity index (χ2v) is 5.57. The largest absolute Gasteiger partial charge is 0.381 e. The molecule has 0 bridgehead atoms. The highest BCUT2D eigenvalue weighted by atomic mass is 16.5. The number of primary amides is 1. The van der Waals surface area contributed by atoms with Crippen LogP contribution >= 0.6 is 0 Å². The van der Waals surface area contributed by atoms with E-state index < -0.39 is 11.4 Å². The van der Waals surface area contributed by atoms with Crippen molar-refractivity contribution in [3.8, 4) is 0 Å². The van der Waals surface area contributed by atoms with E-state index in [2.05, 4.69) is 0 Å². The first-order valence-electron chi connectivity index (χ1n) is 6.43. The third-order valence-electron chi connectivity index (χ3n) is 3.20. The van der Waals surface area contributed by atoms with E-state index in [1.807, 2.05) is 13.8 Å². The lowest BCUT2D eigenvalue weighted by Gasteiger charge is -2.22. The zero-order valence-corrected chi connectivity index (χ0v) is 12.1. The Balaban J connectivity index is 3.51. The van der Waals surface area contributed by atoms with Gasteiger partial charge >= 0.3 is 0 Å². The molecule has 0 fully saturated rings. The molecule has 0 aliphatic heterocycles. The van der Waals surface area contributed by atoms with Crippen LogP contribution in [-0.4, -0.2) is 37.4 Å². The summed E-state index contributed by atoms with van der Waals surface area (Å²) in [4.78, 5) is 11.0. The molecular formula is C13H28N2O3. The van der Waals surface area contributed by atoms with E-state index in [0.717, 1.165) is 19.3 Å². The van der Waals surface area contributed by atoms with Crippen LogP contribution in [0.25, 0.3) is 0 Å². The van der Waals surface area contributed by atoms with Crippen LogP contribution in [0.3, 0.4) is 0 Å². The molecule has 0 saturated carbocycles. The molecule has 0 saturated heterocycles. The van der Waals surface area contributed by atoms with E-state index in [4.69, 9.17) is 20.9 Å². The second-order valence-electron chi connectivity index (χ2n) is 5.57. The first kappa shape index (κ1) is 17.4. The number of nitrogens with two attached hydrogens (primary N) is 2. The number of rotatable bonds is 10. The van der Waals surface area contributed by atoms with Crippen molar-refractivity contribution in [1.82, 2.24) is 0 Å². The summed E-state index contributed by atoms with van der Waals surface area (Å²) in [5, 5.41) is 0. The molecule has 1 atom stereocenters. The average Bonchev–Trinajstić information content (AvgIpc) is 2.27. The molecule has 0 radical (unpaired) electrons. The van der Waals surface area contributed by atoms with Gasteiger partial charge in [0.1, 0.15) is 0 Å². The highest BCUT2D eigenvalue weighted by Crippen LogP contribution is 2.13. The van der Waals surface area contributed by atoms with Crippen molar-refractivity contribution >= 4 is 5.91 Å². The lowest BCUT2D eigenvalue weighted by molar-refractivity contribution is -0.122. The molecule has 0 aromatic carbocycles. The topological polar surface area (TPSA) is 87.6 Å². The fourth-order valence-electron chi connectivity index (χ4n) is 1.34. The van der Waals surface area contributed by atoms with Crippen LogP contribution in [0.1, 0.15) is 46.5 Å². The third kappa shape index (κ3) is 7.63. The van der Waals surface area contributed by atoms with Crippen molar-refractivity contribution in [2.45, 2.75) is 57.6 Å². The lowest BCUT2D eigenvalue weighted by Crippen LogP contribution is -2.49. The molecule has 108 valence electrons. The van der Waals surface area contributed by atoms with Crippen molar-refractivity contribution in [2.24, 2.45) is 11.5 Å². The molecule has 0 aliphatic carbocycles. The monoisotopic (exact) mass is 260 g/mol. The van der Waals surface area contributed by atoms with Gasteiger partial charge in [-0.3, -0.25) is 4.79 Å². The summed E-state index contributed by atoms with van der Waals surface area (Å²) in [6, 6.07) is 0. The SMILES string of the molecule is COC(C)(C)CCOCCCCC(C)(N)C(N)=O. The predicted molar refractivity (Wildman–Crippen MR) is 72.2 cm³/mol. The minimum atomic E-state index is -0.905. The maximum absolute atomic E-state index is 11.0. The maximum Gasteiger partial charge on any atom is 0.237 e. The number of hydrogen-bond acceptors (Lipinski definition) is 4. The number of ether oxygens (including phenoxy) is 2. The second kappa shape index (κ2) is 7.71. The summed E-state index contributed by atoms with van der Waals surface area (Å²) in [6.45, 7) is 7.08. The number of unbranched alkanes of at least 4 members (excludes halogenated alkanes) is 1. The average molecular weight is 260 g/mol. The Labute approximate surface area is 110 Å². The number of carbonyl (C=O) groups excluding carboxylic acids is 1. The Morgan fingerprint density at radius 1 is 1.11 bits per heavy atom. The molecule has 18 heavy (non-hydrogen) atoms. The molecule has 4 N–H and O–H groups in total. The molecule has 0 spiro atoms. The number of hydrogen-bond donors (Lipinski definition) is 2. The zero-order chi connectivity index (χ0) is 14.2. The number of carbonyl (C=O) groups is 1. The van der Waals surface area contributed by atoms with Gasteiger partial charge in [-0.15, -0.1) is 0 Å². The van der Waals surface area contributed by atoms with E-state index >= 15 is 0 Å². The molecule has 5 heteroatoms. The van der Waals surface area contributed by atoms with E-state index in [9.17, 15) is 4.79 Å². The van der Waals surface area contributed by atoms with Crippen molar-refractivity contribution in [3.63, 3.8) is 0 Å². The van der Waals surface area contributed by atoms with Crippen molar-refractivity contribution in [2.75, 3.05) is 20.3 Å². The van der Waals surface area contributed by atoms with Gasteiger partial charge in [-0.25, -0.2) is 0 Å². The Kier molecular flexibility index (Phi) is 7.43. The van der Waals surface area contributed by atoms with Gasteiger partial charge in [0.15, 0.2) is 0 Å². The van der Waals surface area contributed by atoms with Crippen molar-refractivity contribution in [3.05, 3.63) is 0 Å². The Morgan fingerprint density at radius 3 is 2.22 bits per heavy atom. The summed E-state index contributed by atoms with van der Waals surface area (Å²) in [5.74, 6) is -0.453. The molecule has 5 nitrogen and oxygen atoms in total. The third-order valence-corrected chi connectivity index (χ3v) is 3.20. The molecule has 0 rings (SSSR count). The van der Waals surface area contributed by atoms with E-state index in [1.165, 1.54) is 0 Å². The van der Waals surface area contributed by atoms with Crippen LogP contribution in [0, 0.1) is 0 Å². The first-order chi connectivity index (χ1) is 8.21. The zero-order valence-electron chi connectivity index (χ0n) is 12.1. The Morgan fingerprint density at radius 2 is 1.72 bits per heavy atom. The smallest absolute Gasteiger partial charge is 0.237 e. The molecule has 1 amide bonds. The van der Waals surface area contributed by atoms with Gasteiger partial charge in [0, 0.05) is 20.3 Å². The summed E-state index contributed by atoms with van der Waals surface area (Å²) >= 11 is 0. The molecule has 0 heterocycles. The van der Waals surface area contributed by atoms with Crippen LogP contribution in [0.5, 0.6) is 0 Å². The lowest BCUT2D eigenvalue weighted by atomic mass is 9.96. The van der Waals surface area contributed by atoms with Crippen molar-refractivity contribution < 1.29 is 14.3 Å². The van der Waals surface area contributed by atoms with Gasteiger partial charge < -0.3 is 20.9 Å². The first-order valence-corrected chi connectivity index (χ1v) is 6.43. The van der Waals surface area contributed by atoms with Gasteiger partial charge in [-0.05, 0) is 46.5 Å². The fraction of sp³-hybridized carbons (Fsp3) is 0.923. The van der Waals surface area contributed by atoms with E-state index in [0.29, 0.717) is 19.6 Å². The van der Waals surface area contributed by atoms with Gasteiger partial charge in [-0.2, -0.15) is 0 Å². The summed E-state index contributed by atoms with van der Waals surface area (Å²) in [7, 11) is 1.70. The minimum Gasteiger partial charge on any atom is -0.381 e. The minimum absolute atomic E-state index is 0.137.